The number of anilines is 1. The number of amides is 4. The van der Waals surface area contributed by atoms with E-state index in [1.807, 2.05) is 0 Å². The van der Waals surface area contributed by atoms with Crippen LogP contribution in [0.25, 0.3) is 0 Å². The third-order valence-electron chi connectivity index (χ3n) is 11.5. The highest BCUT2D eigenvalue weighted by atomic mass is 32.2. The van der Waals surface area contributed by atoms with Crippen LogP contribution in [-0.2, 0) is 44.6 Å². The molecule has 6 N–H and O–H groups in total. The second kappa shape index (κ2) is 17.2. The van der Waals surface area contributed by atoms with Gasteiger partial charge in [-0.3, -0.25) is 28.7 Å². The second-order valence-corrected chi connectivity index (χ2v) is 20.2. The van der Waals surface area contributed by atoms with Gasteiger partial charge in [0.2, 0.25) is 17.6 Å². The molecule has 3 aromatic rings. The van der Waals surface area contributed by atoms with E-state index < -0.39 is 103 Å². The van der Waals surface area contributed by atoms with Crippen molar-refractivity contribution in [3.05, 3.63) is 72.1 Å². The number of ketones is 1. The van der Waals surface area contributed by atoms with Crippen molar-refractivity contribution in [1.29, 1.82) is 0 Å². The van der Waals surface area contributed by atoms with E-state index in [4.69, 9.17) is 5.73 Å². The fraction of sp³-hybridized carbons (Fsp3) is 0.513. The van der Waals surface area contributed by atoms with Crippen molar-refractivity contribution >= 4 is 55.0 Å². The Hall–Kier alpha value is -5.21. The van der Waals surface area contributed by atoms with Crippen molar-refractivity contribution in [3.63, 3.8) is 0 Å². The number of para-hydroxylation sites is 1. The minimum Gasteiger partial charge on any atom is -0.384 e. The number of primary amides is 1. The van der Waals surface area contributed by atoms with Crippen molar-refractivity contribution in [2.45, 2.75) is 106 Å². The van der Waals surface area contributed by atoms with Crippen molar-refractivity contribution in [2.75, 3.05) is 22.8 Å². The highest BCUT2D eigenvalue weighted by molar-refractivity contribution is 7.92. The molecule has 2 saturated heterocycles. The van der Waals surface area contributed by atoms with E-state index in [0.717, 1.165) is 32.1 Å². The number of hydrogen-bond donors (Lipinski definition) is 5. The number of nitrogens with zero attached hydrogens (tertiary/aromatic N) is 4. The summed E-state index contributed by atoms with van der Waals surface area (Å²) in [5.41, 5.74) is 2.76. The molecule has 3 atom stereocenters. The maximum absolute atomic E-state index is 14.9. The quantitative estimate of drug-likeness (QED) is 0.144. The van der Waals surface area contributed by atoms with Gasteiger partial charge in [0, 0.05) is 24.2 Å². The standard InChI is InChI=1S/C39H50N8O10S2/c1-38(2,53)32-23-41-45-47(32)28-22-31(36(51)43-39(33(48)34(40)49)17-19-58(54,55)20-18-39)46(24-28)37(52)30(21-25-9-5-3-6-10-25)42-35(50)26-13-15-29(16-14-26)59(56,57)44-27-11-7-4-8-12-27/h4,7-8,11-16,23,25,28,30-31,44,53H,3,5-6,9-10,17-22,24H2,1-2H3,(H2,40,49)(H,42,50)(H,43,51)/t28?,30-,31?/m1/s1. The molecule has 3 aliphatic rings. The smallest absolute Gasteiger partial charge is 0.287 e. The number of Topliss-reactive ketones (excluding diaryl/α,β-unsaturated/α-hetero) is 1. The van der Waals surface area contributed by atoms with Gasteiger partial charge < -0.3 is 26.4 Å². The zero-order valence-electron chi connectivity index (χ0n) is 32.9. The summed E-state index contributed by atoms with van der Waals surface area (Å²) in [6.45, 7) is 2.92. The lowest BCUT2D eigenvalue weighted by molar-refractivity contribution is -0.145. The van der Waals surface area contributed by atoms with E-state index in [9.17, 15) is 45.9 Å². The average molecular weight is 855 g/mol. The SMILES string of the molecule is CC(C)(O)c1cnnn1C1CC(C(=O)NC2(C(=O)C(N)=O)CCS(=O)(=O)CC2)N(C(=O)[C@@H](CC2CCCCC2)NC(=O)c2ccc(S(=O)(=O)Nc3ccccc3)cc2)C1. The third-order valence-corrected chi connectivity index (χ3v) is 14.5. The molecular weight excluding hydrogens is 805 g/mol. The Labute approximate surface area is 342 Å². The van der Waals surface area contributed by atoms with Crippen LogP contribution in [0.2, 0.25) is 0 Å². The minimum atomic E-state index is -3.99. The number of carbonyl (C=O) groups excluding carboxylic acids is 5. The Kier molecular flexibility index (Phi) is 12.6. The molecule has 318 valence electrons. The van der Waals surface area contributed by atoms with Gasteiger partial charge in [0.15, 0.2) is 9.84 Å². The summed E-state index contributed by atoms with van der Waals surface area (Å²) in [5.74, 6) is -5.56. The maximum Gasteiger partial charge on any atom is 0.287 e. The van der Waals surface area contributed by atoms with Crippen LogP contribution in [0.4, 0.5) is 5.69 Å². The van der Waals surface area contributed by atoms with E-state index in [0.29, 0.717) is 11.4 Å². The Balaban J connectivity index is 1.30. The molecule has 6 rings (SSSR count). The lowest BCUT2D eigenvalue weighted by Crippen LogP contribution is -2.64. The predicted molar refractivity (Wildman–Crippen MR) is 214 cm³/mol. The molecule has 0 bridgehead atoms. The van der Waals surface area contributed by atoms with Gasteiger partial charge in [0.25, 0.3) is 21.8 Å². The topological polar surface area (TPSA) is 270 Å². The second-order valence-electron chi connectivity index (χ2n) is 16.2. The van der Waals surface area contributed by atoms with Gasteiger partial charge in [-0.1, -0.05) is 55.5 Å². The summed E-state index contributed by atoms with van der Waals surface area (Å²) in [6.07, 6.45) is 5.21. The van der Waals surface area contributed by atoms with Crippen molar-refractivity contribution in [2.24, 2.45) is 11.7 Å². The molecule has 59 heavy (non-hydrogen) atoms. The molecule has 18 nitrogen and oxygen atoms in total. The number of hydrogen-bond acceptors (Lipinski definition) is 12. The van der Waals surface area contributed by atoms with Gasteiger partial charge in [-0.05, 0) is 75.4 Å². The van der Waals surface area contributed by atoms with Crippen molar-refractivity contribution in [3.8, 4) is 0 Å². The van der Waals surface area contributed by atoms with E-state index >= 15 is 0 Å². The van der Waals surface area contributed by atoms with Gasteiger partial charge >= 0.3 is 0 Å². The molecule has 0 spiro atoms. The number of carbonyl (C=O) groups is 5. The van der Waals surface area contributed by atoms with Gasteiger partial charge in [0.05, 0.1) is 34.3 Å². The highest BCUT2D eigenvalue weighted by Crippen LogP contribution is 2.35. The van der Waals surface area contributed by atoms with Crippen LogP contribution in [0.3, 0.4) is 0 Å². The number of benzene rings is 2. The average Bonchev–Trinajstić information content (AvgIpc) is 3.88. The summed E-state index contributed by atoms with van der Waals surface area (Å²) >= 11 is 0. The number of nitrogens with two attached hydrogens (primary N) is 1. The summed E-state index contributed by atoms with van der Waals surface area (Å²) in [5, 5.41) is 24.5. The van der Waals surface area contributed by atoms with E-state index in [2.05, 4.69) is 25.7 Å². The molecule has 1 aliphatic carbocycles. The molecule has 0 radical (unpaired) electrons. The van der Waals surface area contributed by atoms with Crippen LogP contribution < -0.4 is 21.1 Å². The van der Waals surface area contributed by atoms with Crippen LogP contribution in [0.15, 0.2) is 65.7 Å². The number of likely N-dealkylation sites (tertiary alicyclic amines) is 1. The number of nitrogens with one attached hydrogen (secondary N) is 3. The fourth-order valence-corrected chi connectivity index (χ4v) is 10.8. The number of aliphatic hydroxyl groups is 1. The number of rotatable bonds is 14. The summed E-state index contributed by atoms with van der Waals surface area (Å²) in [6, 6.07) is 10.3. The monoisotopic (exact) mass is 854 g/mol. The van der Waals surface area contributed by atoms with E-state index in [-0.39, 0.29) is 35.8 Å². The van der Waals surface area contributed by atoms with Gasteiger partial charge in [-0.2, -0.15) is 0 Å². The van der Waals surface area contributed by atoms with Crippen molar-refractivity contribution < 1.29 is 45.9 Å². The maximum atomic E-state index is 14.9. The predicted octanol–water partition coefficient (Wildman–Crippen LogP) is 1.34. The molecule has 3 fully saturated rings. The molecule has 1 saturated carbocycles. The van der Waals surface area contributed by atoms with E-state index in [1.54, 1.807) is 30.3 Å². The Bertz CT molecular complexity index is 2270. The summed E-state index contributed by atoms with van der Waals surface area (Å²) in [4.78, 5) is 69.8. The molecule has 1 aromatic heterocycles. The highest BCUT2D eigenvalue weighted by Gasteiger charge is 2.51. The van der Waals surface area contributed by atoms with Crippen molar-refractivity contribution in [1.82, 2.24) is 30.5 Å². The number of sulfonamides is 1. The van der Waals surface area contributed by atoms with Gasteiger partial charge in [0.1, 0.15) is 23.2 Å². The first kappa shape index (κ1) is 43.4. The Morgan fingerprint density at radius 1 is 0.983 bits per heavy atom. The van der Waals surface area contributed by atoms with Gasteiger partial charge in [-0.25, -0.2) is 21.5 Å². The Morgan fingerprint density at radius 3 is 2.24 bits per heavy atom. The summed E-state index contributed by atoms with van der Waals surface area (Å²) in [7, 11) is -7.56. The lowest BCUT2D eigenvalue weighted by atomic mass is 9.84. The van der Waals surface area contributed by atoms with Crippen LogP contribution in [0.5, 0.6) is 0 Å². The first-order valence-corrected chi connectivity index (χ1v) is 22.9. The van der Waals surface area contributed by atoms with Crippen LogP contribution in [-0.4, -0.2) is 107 Å². The molecular formula is C39H50N8O10S2. The number of aromatic nitrogens is 3. The molecule has 2 aromatic carbocycles. The minimum absolute atomic E-state index is 0.0537. The number of sulfone groups is 1. The normalized spacial score (nSPS) is 21.2. The third kappa shape index (κ3) is 9.98. The van der Waals surface area contributed by atoms with E-state index in [1.165, 1.54) is 53.9 Å². The van der Waals surface area contributed by atoms with Gasteiger partial charge in [-0.15, -0.1) is 5.10 Å². The first-order valence-electron chi connectivity index (χ1n) is 19.6. The van der Waals surface area contributed by atoms with Crippen LogP contribution in [0.1, 0.15) is 93.7 Å². The first-order chi connectivity index (χ1) is 27.8. The molecule has 3 heterocycles. The zero-order valence-corrected chi connectivity index (χ0v) is 34.5. The molecule has 4 amide bonds. The molecule has 20 heteroatoms. The summed E-state index contributed by atoms with van der Waals surface area (Å²) < 4.78 is 54.7. The zero-order chi connectivity index (χ0) is 42.8. The largest absolute Gasteiger partial charge is 0.384 e. The molecule has 2 aliphatic heterocycles. The molecule has 2 unspecified atom stereocenters. The fourth-order valence-electron chi connectivity index (χ4n) is 8.21. The van der Waals surface area contributed by atoms with Crippen LogP contribution >= 0.6 is 0 Å². The van der Waals surface area contributed by atoms with Crippen LogP contribution in [0, 0.1) is 5.92 Å². The lowest BCUT2D eigenvalue weighted by Gasteiger charge is -2.37. The Morgan fingerprint density at radius 2 is 1.63 bits per heavy atom.